The Morgan fingerprint density at radius 1 is 1.11 bits per heavy atom. The van der Waals surface area contributed by atoms with Crippen LogP contribution in [0.3, 0.4) is 0 Å². The predicted molar refractivity (Wildman–Crippen MR) is 69.3 cm³/mol. The molecule has 90 valence electrons. The number of hydrogen-bond donors (Lipinski definition) is 0. The van der Waals surface area contributed by atoms with Gasteiger partial charge in [-0.05, 0) is 18.2 Å². The molecule has 3 heterocycles. The second kappa shape index (κ2) is 4.70. The third-order valence-electron chi connectivity index (χ3n) is 2.71. The summed E-state index contributed by atoms with van der Waals surface area (Å²) in [4.78, 5) is 8.20. The summed E-state index contributed by atoms with van der Waals surface area (Å²) in [6, 6.07) is 9.57. The minimum Gasteiger partial charge on any atom is -0.263 e. The van der Waals surface area contributed by atoms with Gasteiger partial charge < -0.3 is 0 Å². The maximum absolute atomic E-state index is 9.06. The number of rotatable bonds is 2. The molecule has 0 bridgehead atoms. The molecule has 0 unspecified atom stereocenters. The molecule has 0 aliphatic heterocycles. The standard InChI is InChI=1S/C14H9N5/c15-7-11-8-16-6-4-14(11)19-10-12(9-18-19)13-3-1-2-5-17-13/h1-6,8-10H. The highest BCUT2D eigenvalue weighted by atomic mass is 15.3. The molecule has 0 amide bonds. The van der Waals surface area contributed by atoms with E-state index in [-0.39, 0.29) is 0 Å². The zero-order chi connectivity index (χ0) is 13.1. The lowest BCUT2D eigenvalue weighted by Gasteiger charge is -2.01. The van der Waals surface area contributed by atoms with E-state index in [0.29, 0.717) is 11.3 Å². The van der Waals surface area contributed by atoms with Gasteiger partial charge in [0.15, 0.2) is 0 Å². The van der Waals surface area contributed by atoms with Crippen molar-refractivity contribution in [2.75, 3.05) is 0 Å². The van der Waals surface area contributed by atoms with Crippen molar-refractivity contribution in [3.8, 4) is 23.0 Å². The van der Waals surface area contributed by atoms with Crippen LogP contribution in [0.1, 0.15) is 5.56 Å². The van der Waals surface area contributed by atoms with E-state index in [1.165, 1.54) is 6.20 Å². The number of nitriles is 1. The maximum atomic E-state index is 9.06. The van der Waals surface area contributed by atoms with Crippen LogP contribution >= 0.6 is 0 Å². The third kappa shape index (κ3) is 2.07. The summed E-state index contributed by atoms with van der Waals surface area (Å²) in [6.07, 6.45) is 8.47. The molecule has 0 saturated carbocycles. The molecule has 3 aromatic heterocycles. The van der Waals surface area contributed by atoms with Crippen LogP contribution in [-0.2, 0) is 0 Å². The number of aromatic nitrogens is 4. The van der Waals surface area contributed by atoms with Gasteiger partial charge in [0.1, 0.15) is 6.07 Å². The summed E-state index contributed by atoms with van der Waals surface area (Å²) in [5.74, 6) is 0. The fraction of sp³-hybridized carbons (Fsp3) is 0. The zero-order valence-corrected chi connectivity index (χ0v) is 9.93. The molecule has 0 saturated heterocycles. The quantitative estimate of drug-likeness (QED) is 0.696. The van der Waals surface area contributed by atoms with Gasteiger partial charge in [0, 0.05) is 30.4 Å². The fourth-order valence-electron chi connectivity index (χ4n) is 1.79. The molecule has 0 aliphatic rings. The highest BCUT2D eigenvalue weighted by Crippen LogP contribution is 2.18. The van der Waals surface area contributed by atoms with Crippen LogP contribution in [0.5, 0.6) is 0 Å². The van der Waals surface area contributed by atoms with Crippen LogP contribution in [0.25, 0.3) is 16.9 Å². The normalized spacial score (nSPS) is 10.1. The van der Waals surface area contributed by atoms with Gasteiger partial charge in [-0.15, -0.1) is 0 Å². The molecule has 0 aliphatic carbocycles. The number of pyridine rings is 2. The Hall–Kier alpha value is -3.00. The molecule has 19 heavy (non-hydrogen) atoms. The summed E-state index contributed by atoms with van der Waals surface area (Å²) in [5.41, 5.74) is 2.94. The van der Waals surface area contributed by atoms with E-state index in [1.54, 1.807) is 29.3 Å². The molecule has 3 aromatic rings. The third-order valence-corrected chi connectivity index (χ3v) is 2.71. The molecule has 0 N–H and O–H groups in total. The summed E-state index contributed by atoms with van der Waals surface area (Å²) in [6.45, 7) is 0. The van der Waals surface area contributed by atoms with Crippen LogP contribution in [0.15, 0.2) is 55.2 Å². The Bertz CT molecular complexity index is 740. The van der Waals surface area contributed by atoms with Gasteiger partial charge in [-0.2, -0.15) is 10.4 Å². The van der Waals surface area contributed by atoms with Crippen molar-refractivity contribution >= 4 is 0 Å². The van der Waals surface area contributed by atoms with Crippen molar-refractivity contribution in [3.05, 3.63) is 60.8 Å². The monoisotopic (exact) mass is 247 g/mol. The van der Waals surface area contributed by atoms with Gasteiger partial charge in [0.05, 0.1) is 23.1 Å². The predicted octanol–water partition coefficient (Wildman–Crippen LogP) is 2.20. The van der Waals surface area contributed by atoms with Gasteiger partial charge in [-0.1, -0.05) is 6.07 Å². The first-order valence-electron chi connectivity index (χ1n) is 5.69. The number of hydrogen-bond acceptors (Lipinski definition) is 4. The van der Waals surface area contributed by atoms with Gasteiger partial charge in [0.2, 0.25) is 0 Å². The Balaban J connectivity index is 2.05. The average Bonchev–Trinajstić information content (AvgIpc) is 2.98. The van der Waals surface area contributed by atoms with Crippen molar-refractivity contribution in [1.29, 1.82) is 5.26 Å². The van der Waals surface area contributed by atoms with Crippen LogP contribution < -0.4 is 0 Å². The minimum atomic E-state index is 0.484. The van der Waals surface area contributed by atoms with E-state index in [2.05, 4.69) is 21.1 Å². The minimum absolute atomic E-state index is 0.484. The topological polar surface area (TPSA) is 67.4 Å². The van der Waals surface area contributed by atoms with Gasteiger partial charge in [0.25, 0.3) is 0 Å². The van der Waals surface area contributed by atoms with Gasteiger partial charge >= 0.3 is 0 Å². The van der Waals surface area contributed by atoms with Crippen LogP contribution in [0, 0.1) is 11.3 Å². The second-order valence-electron chi connectivity index (χ2n) is 3.89. The zero-order valence-electron chi connectivity index (χ0n) is 9.93. The number of nitrogens with zero attached hydrogens (tertiary/aromatic N) is 5. The molecule has 0 radical (unpaired) electrons. The smallest absolute Gasteiger partial charge is 0.103 e. The van der Waals surface area contributed by atoms with Crippen molar-refractivity contribution in [3.63, 3.8) is 0 Å². The molecule has 0 spiro atoms. The van der Waals surface area contributed by atoms with Crippen LogP contribution in [-0.4, -0.2) is 19.7 Å². The van der Waals surface area contributed by atoms with Crippen molar-refractivity contribution in [2.24, 2.45) is 0 Å². The first kappa shape index (κ1) is 11.1. The maximum Gasteiger partial charge on any atom is 0.103 e. The van der Waals surface area contributed by atoms with Crippen LogP contribution in [0.4, 0.5) is 0 Å². The summed E-state index contributed by atoms with van der Waals surface area (Å²) in [5, 5.41) is 13.3. The fourth-order valence-corrected chi connectivity index (χ4v) is 1.79. The summed E-state index contributed by atoms with van der Waals surface area (Å²) in [7, 11) is 0. The van der Waals surface area contributed by atoms with E-state index in [9.17, 15) is 0 Å². The largest absolute Gasteiger partial charge is 0.263 e. The van der Waals surface area contributed by atoms with Gasteiger partial charge in [-0.25, -0.2) is 4.68 Å². The lowest BCUT2D eigenvalue weighted by molar-refractivity contribution is 0.874. The van der Waals surface area contributed by atoms with E-state index >= 15 is 0 Å². The Labute approximate surface area is 109 Å². The first-order valence-corrected chi connectivity index (χ1v) is 5.69. The molecular weight excluding hydrogens is 238 g/mol. The summed E-state index contributed by atoms with van der Waals surface area (Å²) >= 11 is 0. The van der Waals surface area contributed by atoms with E-state index in [0.717, 1.165) is 11.3 Å². The molecule has 3 rings (SSSR count). The average molecular weight is 247 g/mol. The lowest BCUT2D eigenvalue weighted by Crippen LogP contribution is -1.97. The van der Waals surface area contributed by atoms with E-state index in [1.807, 2.05) is 24.4 Å². The molecule has 0 atom stereocenters. The molecule has 0 fully saturated rings. The van der Waals surface area contributed by atoms with Crippen molar-refractivity contribution in [2.45, 2.75) is 0 Å². The van der Waals surface area contributed by atoms with E-state index in [4.69, 9.17) is 5.26 Å². The second-order valence-corrected chi connectivity index (χ2v) is 3.89. The summed E-state index contributed by atoms with van der Waals surface area (Å²) < 4.78 is 1.66. The highest BCUT2D eigenvalue weighted by Gasteiger charge is 2.07. The SMILES string of the molecule is N#Cc1cnccc1-n1cc(-c2ccccn2)cn1. The Morgan fingerprint density at radius 3 is 2.84 bits per heavy atom. The Kier molecular flexibility index (Phi) is 2.75. The molecular formula is C14H9N5. The van der Waals surface area contributed by atoms with Gasteiger partial charge in [-0.3, -0.25) is 9.97 Å². The Morgan fingerprint density at radius 2 is 2.05 bits per heavy atom. The lowest BCUT2D eigenvalue weighted by atomic mass is 10.2. The molecule has 5 nitrogen and oxygen atoms in total. The van der Waals surface area contributed by atoms with Crippen molar-refractivity contribution < 1.29 is 0 Å². The van der Waals surface area contributed by atoms with E-state index < -0.39 is 0 Å². The van der Waals surface area contributed by atoms with Crippen molar-refractivity contribution in [1.82, 2.24) is 19.7 Å². The van der Waals surface area contributed by atoms with Crippen LogP contribution in [0.2, 0.25) is 0 Å². The molecule has 5 heteroatoms. The first-order chi connectivity index (χ1) is 9.38. The highest BCUT2D eigenvalue weighted by molar-refractivity contribution is 5.58. The molecule has 0 aromatic carbocycles.